The van der Waals surface area contributed by atoms with Gasteiger partial charge >= 0.3 is 0 Å². The van der Waals surface area contributed by atoms with Crippen molar-refractivity contribution in [3.63, 3.8) is 0 Å². The molecule has 1 aromatic heterocycles. The Bertz CT molecular complexity index is 459. The molecule has 110 valence electrons. The summed E-state index contributed by atoms with van der Waals surface area (Å²) in [6.45, 7) is 5.36. The van der Waals surface area contributed by atoms with E-state index in [4.69, 9.17) is 0 Å². The van der Waals surface area contributed by atoms with E-state index in [0.29, 0.717) is 24.7 Å². The van der Waals surface area contributed by atoms with Gasteiger partial charge in [-0.15, -0.1) is 0 Å². The summed E-state index contributed by atoms with van der Waals surface area (Å²) in [6.07, 6.45) is 1.39. The Morgan fingerprint density at radius 3 is 2.70 bits per heavy atom. The molecule has 0 saturated carbocycles. The Balaban J connectivity index is 2.29. The number of pyridine rings is 1. The number of aliphatic imine (C=N–C) groups is 1. The molecule has 6 heteroatoms. The van der Waals surface area contributed by atoms with Gasteiger partial charge in [-0.1, -0.05) is 13.0 Å². The lowest BCUT2D eigenvalue weighted by atomic mass is 10.3. The fourth-order valence-electron chi connectivity index (χ4n) is 1.58. The van der Waals surface area contributed by atoms with Crippen LogP contribution >= 0.6 is 0 Å². The molecule has 0 fully saturated rings. The van der Waals surface area contributed by atoms with Gasteiger partial charge < -0.3 is 16.0 Å². The Kier molecular flexibility index (Phi) is 7.10. The minimum absolute atomic E-state index is 0.0680. The van der Waals surface area contributed by atoms with E-state index < -0.39 is 0 Å². The van der Waals surface area contributed by atoms with Crippen LogP contribution in [0, 0.1) is 6.92 Å². The van der Waals surface area contributed by atoms with Crippen molar-refractivity contribution in [2.24, 2.45) is 4.99 Å². The van der Waals surface area contributed by atoms with E-state index in [1.54, 1.807) is 13.1 Å². The number of anilines is 1. The van der Waals surface area contributed by atoms with Crippen LogP contribution in [-0.4, -0.2) is 37.0 Å². The smallest absolute Gasteiger partial charge is 0.227 e. The number of nitrogens with one attached hydrogen (secondary N) is 3. The van der Waals surface area contributed by atoms with Crippen molar-refractivity contribution in [3.05, 3.63) is 23.9 Å². The molecule has 0 aromatic carbocycles. The Morgan fingerprint density at radius 1 is 1.30 bits per heavy atom. The van der Waals surface area contributed by atoms with E-state index in [-0.39, 0.29) is 5.91 Å². The number of aromatic nitrogens is 1. The Labute approximate surface area is 120 Å². The van der Waals surface area contributed by atoms with Crippen LogP contribution in [0.5, 0.6) is 0 Å². The first-order valence-corrected chi connectivity index (χ1v) is 6.83. The number of carbonyl (C=O) groups is 1. The van der Waals surface area contributed by atoms with Gasteiger partial charge in [0.15, 0.2) is 5.96 Å². The molecule has 0 radical (unpaired) electrons. The predicted octanol–water partition coefficient (Wildman–Crippen LogP) is 1.29. The molecule has 0 aliphatic rings. The van der Waals surface area contributed by atoms with E-state index in [9.17, 15) is 4.79 Å². The maximum absolute atomic E-state index is 11.8. The lowest BCUT2D eigenvalue weighted by Gasteiger charge is -2.11. The molecule has 0 atom stereocenters. The normalized spacial score (nSPS) is 11.1. The highest BCUT2D eigenvalue weighted by Crippen LogP contribution is 2.03. The van der Waals surface area contributed by atoms with Gasteiger partial charge in [0.25, 0.3) is 0 Å². The number of aryl methyl sites for hydroxylation is 1. The zero-order chi connectivity index (χ0) is 14.8. The summed E-state index contributed by atoms with van der Waals surface area (Å²) in [4.78, 5) is 20.0. The Morgan fingerprint density at radius 2 is 2.05 bits per heavy atom. The van der Waals surface area contributed by atoms with Gasteiger partial charge in [0, 0.05) is 32.3 Å². The Hall–Kier alpha value is -2.11. The second-order valence-electron chi connectivity index (χ2n) is 4.39. The fourth-order valence-corrected chi connectivity index (χ4v) is 1.58. The van der Waals surface area contributed by atoms with Crippen LogP contribution < -0.4 is 16.0 Å². The lowest BCUT2D eigenvalue weighted by Crippen LogP contribution is -2.39. The minimum atomic E-state index is -0.0680. The number of carbonyl (C=O) groups excluding carboxylic acids is 1. The van der Waals surface area contributed by atoms with Gasteiger partial charge in [0.05, 0.1) is 0 Å². The number of nitrogens with zero attached hydrogens (tertiary/aromatic N) is 2. The van der Waals surface area contributed by atoms with Crippen LogP contribution in [0.25, 0.3) is 0 Å². The van der Waals surface area contributed by atoms with Gasteiger partial charge in [-0.3, -0.25) is 9.79 Å². The zero-order valence-corrected chi connectivity index (χ0v) is 12.4. The first-order chi connectivity index (χ1) is 9.65. The van der Waals surface area contributed by atoms with Crippen molar-refractivity contribution in [2.45, 2.75) is 26.7 Å². The number of rotatable bonds is 6. The molecule has 0 unspecified atom stereocenters. The first kappa shape index (κ1) is 15.9. The van der Waals surface area contributed by atoms with Crippen molar-refractivity contribution < 1.29 is 4.79 Å². The molecule has 0 aliphatic heterocycles. The van der Waals surface area contributed by atoms with Gasteiger partial charge in [0.1, 0.15) is 5.82 Å². The van der Waals surface area contributed by atoms with E-state index in [1.165, 1.54) is 0 Å². The zero-order valence-electron chi connectivity index (χ0n) is 12.4. The molecule has 1 aromatic rings. The first-order valence-electron chi connectivity index (χ1n) is 6.83. The molecule has 0 bridgehead atoms. The van der Waals surface area contributed by atoms with Crippen LogP contribution in [0.4, 0.5) is 5.82 Å². The van der Waals surface area contributed by atoms with E-state index in [1.807, 2.05) is 19.1 Å². The highest BCUT2D eigenvalue weighted by Gasteiger charge is 2.04. The van der Waals surface area contributed by atoms with Gasteiger partial charge in [-0.05, 0) is 25.5 Å². The molecule has 1 rings (SSSR count). The maximum Gasteiger partial charge on any atom is 0.227 e. The average molecular weight is 277 g/mol. The second kappa shape index (κ2) is 8.90. The third-order valence-electron chi connectivity index (χ3n) is 2.57. The standard InChI is InChI=1S/C14H23N5O/c1-4-9-16-14(15-3)17-10-8-13(20)19-12-7-5-6-11(2)18-12/h5-7H,4,8-10H2,1-3H3,(H2,15,16,17)(H,18,19,20). The molecule has 0 aliphatic carbocycles. The van der Waals surface area contributed by atoms with Crippen molar-refractivity contribution in [1.29, 1.82) is 0 Å². The van der Waals surface area contributed by atoms with Crippen molar-refractivity contribution in [1.82, 2.24) is 15.6 Å². The lowest BCUT2D eigenvalue weighted by molar-refractivity contribution is -0.116. The third-order valence-corrected chi connectivity index (χ3v) is 2.57. The monoisotopic (exact) mass is 277 g/mol. The SMILES string of the molecule is CCCNC(=NC)NCCC(=O)Nc1cccc(C)n1. The van der Waals surface area contributed by atoms with Crippen molar-refractivity contribution in [2.75, 3.05) is 25.5 Å². The number of hydrogen-bond donors (Lipinski definition) is 3. The molecular weight excluding hydrogens is 254 g/mol. The molecule has 3 N–H and O–H groups in total. The average Bonchev–Trinajstić information content (AvgIpc) is 2.42. The summed E-state index contributed by atoms with van der Waals surface area (Å²) < 4.78 is 0. The molecule has 0 saturated heterocycles. The highest BCUT2D eigenvalue weighted by molar-refractivity contribution is 5.90. The summed E-state index contributed by atoms with van der Waals surface area (Å²) >= 11 is 0. The number of hydrogen-bond acceptors (Lipinski definition) is 3. The molecule has 1 amide bonds. The van der Waals surface area contributed by atoms with Gasteiger partial charge in [-0.25, -0.2) is 4.98 Å². The third kappa shape index (κ3) is 6.17. The summed E-state index contributed by atoms with van der Waals surface area (Å²) in [6, 6.07) is 5.54. The van der Waals surface area contributed by atoms with Crippen molar-refractivity contribution >= 4 is 17.7 Å². The van der Waals surface area contributed by atoms with Crippen LogP contribution in [0.3, 0.4) is 0 Å². The highest BCUT2D eigenvalue weighted by atomic mass is 16.1. The fraction of sp³-hybridized carbons (Fsp3) is 0.500. The quantitative estimate of drug-likeness (QED) is 0.541. The number of amides is 1. The molecule has 1 heterocycles. The van der Waals surface area contributed by atoms with Crippen LogP contribution in [0.1, 0.15) is 25.5 Å². The summed E-state index contributed by atoms with van der Waals surface area (Å²) in [5.74, 6) is 1.23. The largest absolute Gasteiger partial charge is 0.356 e. The predicted molar refractivity (Wildman–Crippen MR) is 81.9 cm³/mol. The topological polar surface area (TPSA) is 78.4 Å². The van der Waals surface area contributed by atoms with Gasteiger partial charge in [0.2, 0.25) is 5.91 Å². The second-order valence-corrected chi connectivity index (χ2v) is 4.39. The summed E-state index contributed by atoms with van der Waals surface area (Å²) in [5, 5.41) is 9.00. The van der Waals surface area contributed by atoms with E-state index in [2.05, 4.69) is 32.9 Å². The van der Waals surface area contributed by atoms with Crippen LogP contribution in [0.2, 0.25) is 0 Å². The van der Waals surface area contributed by atoms with E-state index in [0.717, 1.165) is 18.7 Å². The van der Waals surface area contributed by atoms with E-state index >= 15 is 0 Å². The molecule has 6 nitrogen and oxygen atoms in total. The maximum atomic E-state index is 11.8. The molecule has 20 heavy (non-hydrogen) atoms. The van der Waals surface area contributed by atoms with Gasteiger partial charge in [-0.2, -0.15) is 0 Å². The summed E-state index contributed by atoms with van der Waals surface area (Å²) in [5.41, 5.74) is 0.880. The van der Waals surface area contributed by atoms with Crippen LogP contribution in [0.15, 0.2) is 23.2 Å². The molecular formula is C14H23N5O. The molecule has 0 spiro atoms. The summed E-state index contributed by atoms with van der Waals surface area (Å²) in [7, 11) is 1.71. The number of guanidine groups is 1. The van der Waals surface area contributed by atoms with Crippen LogP contribution in [-0.2, 0) is 4.79 Å². The van der Waals surface area contributed by atoms with Crippen molar-refractivity contribution in [3.8, 4) is 0 Å². The minimum Gasteiger partial charge on any atom is -0.356 e.